The van der Waals surface area contributed by atoms with E-state index in [-0.39, 0.29) is 25.2 Å². The highest BCUT2D eigenvalue weighted by Gasteiger charge is 2.30. The largest absolute Gasteiger partial charge is 0.481 e. The Morgan fingerprint density at radius 3 is 2.26 bits per heavy atom. The number of ether oxygens (including phenoxy) is 2. The van der Waals surface area contributed by atoms with Gasteiger partial charge < -0.3 is 25.2 Å². The standard InChI is InChI=1S/C26H30N2O6S/c29-24(30)15-23(25(31)27-11-12-33-17-9-13-35-14-10-17)28-26(32)34-16-22-20-7-3-1-5-18(20)19-6-2-4-8-21(19)22/h1-8,17,22-23H,9-16H2,(H,27,31)(H,28,32)(H,29,30). The van der Waals surface area contributed by atoms with Gasteiger partial charge in [0.1, 0.15) is 12.6 Å². The highest BCUT2D eigenvalue weighted by Crippen LogP contribution is 2.44. The van der Waals surface area contributed by atoms with Crippen LogP contribution in [0.3, 0.4) is 0 Å². The Balaban J connectivity index is 1.29. The molecule has 0 aromatic heterocycles. The van der Waals surface area contributed by atoms with E-state index in [4.69, 9.17) is 9.47 Å². The van der Waals surface area contributed by atoms with Crippen molar-refractivity contribution in [2.75, 3.05) is 31.3 Å². The Labute approximate surface area is 208 Å². The molecular formula is C26H30N2O6S. The molecule has 2 aromatic carbocycles. The van der Waals surface area contributed by atoms with E-state index < -0.39 is 30.4 Å². The van der Waals surface area contributed by atoms with Crippen LogP contribution in [0.5, 0.6) is 0 Å². The predicted octanol–water partition coefficient (Wildman–Crippen LogP) is 3.40. The van der Waals surface area contributed by atoms with Gasteiger partial charge in [0, 0.05) is 12.5 Å². The molecule has 1 fully saturated rings. The second-order valence-corrected chi connectivity index (χ2v) is 9.82. The summed E-state index contributed by atoms with van der Waals surface area (Å²) in [5.74, 6) is 0.239. The van der Waals surface area contributed by atoms with Crippen LogP contribution < -0.4 is 10.6 Å². The van der Waals surface area contributed by atoms with Crippen molar-refractivity contribution < 1.29 is 29.0 Å². The minimum atomic E-state index is -1.24. The van der Waals surface area contributed by atoms with Gasteiger partial charge in [-0.2, -0.15) is 11.8 Å². The number of amides is 2. The first kappa shape index (κ1) is 25.1. The van der Waals surface area contributed by atoms with Crippen molar-refractivity contribution in [2.24, 2.45) is 0 Å². The van der Waals surface area contributed by atoms with Crippen molar-refractivity contribution in [3.63, 3.8) is 0 Å². The molecule has 9 heteroatoms. The molecule has 186 valence electrons. The van der Waals surface area contributed by atoms with Crippen molar-refractivity contribution in [1.82, 2.24) is 10.6 Å². The fourth-order valence-corrected chi connectivity index (χ4v) is 5.60. The first-order chi connectivity index (χ1) is 17.0. The highest BCUT2D eigenvalue weighted by atomic mass is 32.2. The molecule has 8 nitrogen and oxygen atoms in total. The molecule has 4 rings (SSSR count). The van der Waals surface area contributed by atoms with Crippen LogP contribution in [0.4, 0.5) is 4.79 Å². The molecule has 3 N–H and O–H groups in total. The number of thioether (sulfide) groups is 1. The van der Waals surface area contributed by atoms with Crippen LogP contribution >= 0.6 is 11.8 Å². The first-order valence-electron chi connectivity index (χ1n) is 11.8. The second kappa shape index (κ2) is 12.1. The third kappa shape index (κ3) is 6.55. The summed E-state index contributed by atoms with van der Waals surface area (Å²) >= 11 is 1.91. The van der Waals surface area contributed by atoms with Crippen molar-refractivity contribution >= 4 is 29.7 Å². The van der Waals surface area contributed by atoms with Gasteiger partial charge >= 0.3 is 12.1 Å². The Bertz CT molecular complexity index is 1010. The Morgan fingerprint density at radius 2 is 1.63 bits per heavy atom. The molecule has 2 aromatic rings. The lowest BCUT2D eigenvalue weighted by atomic mass is 9.98. The van der Waals surface area contributed by atoms with Crippen LogP contribution in [0.1, 0.15) is 36.3 Å². The maximum atomic E-state index is 12.5. The number of hydrogen-bond donors (Lipinski definition) is 3. The van der Waals surface area contributed by atoms with Gasteiger partial charge in [0.25, 0.3) is 0 Å². The highest BCUT2D eigenvalue weighted by molar-refractivity contribution is 7.99. The number of alkyl carbamates (subject to hydrolysis) is 1. The minimum Gasteiger partial charge on any atom is -0.481 e. The molecule has 1 atom stereocenters. The number of hydrogen-bond acceptors (Lipinski definition) is 6. The van der Waals surface area contributed by atoms with Crippen molar-refractivity contribution in [1.29, 1.82) is 0 Å². The van der Waals surface area contributed by atoms with E-state index in [0.717, 1.165) is 46.6 Å². The normalized spacial score (nSPS) is 16.1. The number of carbonyl (C=O) groups is 3. The summed E-state index contributed by atoms with van der Waals surface area (Å²) in [4.78, 5) is 36.3. The number of aliphatic carboxylic acids is 1. The molecule has 1 aliphatic heterocycles. The zero-order valence-corrected chi connectivity index (χ0v) is 20.2. The van der Waals surface area contributed by atoms with Crippen molar-refractivity contribution in [3.8, 4) is 11.1 Å². The monoisotopic (exact) mass is 498 g/mol. The van der Waals surface area contributed by atoms with Gasteiger partial charge in [0.05, 0.1) is 19.1 Å². The van der Waals surface area contributed by atoms with Gasteiger partial charge in [-0.1, -0.05) is 48.5 Å². The summed E-state index contributed by atoms with van der Waals surface area (Å²) in [7, 11) is 0. The van der Waals surface area contributed by atoms with Crippen LogP contribution in [0.25, 0.3) is 11.1 Å². The molecule has 0 bridgehead atoms. The maximum absolute atomic E-state index is 12.5. The number of carbonyl (C=O) groups excluding carboxylic acids is 2. The van der Waals surface area contributed by atoms with E-state index in [1.807, 2.05) is 60.3 Å². The SMILES string of the molecule is O=C(O)CC(NC(=O)OCC1c2ccccc2-c2ccccc21)C(=O)NCCOC1CCSCC1. The summed E-state index contributed by atoms with van der Waals surface area (Å²) in [6.45, 7) is 0.658. The van der Waals surface area contributed by atoms with Crippen LogP contribution in [0, 0.1) is 0 Å². The van der Waals surface area contributed by atoms with Crippen LogP contribution in [-0.2, 0) is 19.1 Å². The Hall–Kier alpha value is -3.04. The summed E-state index contributed by atoms with van der Waals surface area (Å²) in [6, 6.07) is 14.7. The van der Waals surface area contributed by atoms with Gasteiger partial charge in [0.2, 0.25) is 5.91 Å². The third-order valence-electron chi connectivity index (χ3n) is 6.25. The van der Waals surface area contributed by atoms with E-state index in [1.165, 1.54) is 0 Å². The zero-order chi connectivity index (χ0) is 24.6. The van der Waals surface area contributed by atoms with Gasteiger partial charge in [-0.3, -0.25) is 9.59 Å². The fourth-order valence-electron chi connectivity index (χ4n) is 4.53. The average molecular weight is 499 g/mol. The van der Waals surface area contributed by atoms with Crippen molar-refractivity contribution in [3.05, 3.63) is 59.7 Å². The maximum Gasteiger partial charge on any atom is 0.407 e. The second-order valence-electron chi connectivity index (χ2n) is 8.59. The number of nitrogens with one attached hydrogen (secondary N) is 2. The molecule has 0 saturated carbocycles. The lowest BCUT2D eigenvalue weighted by molar-refractivity contribution is -0.139. The van der Waals surface area contributed by atoms with Crippen LogP contribution in [0.2, 0.25) is 0 Å². The summed E-state index contributed by atoms with van der Waals surface area (Å²) in [5.41, 5.74) is 4.35. The van der Waals surface area contributed by atoms with Crippen LogP contribution in [0.15, 0.2) is 48.5 Å². The topological polar surface area (TPSA) is 114 Å². The van der Waals surface area contributed by atoms with Gasteiger partial charge in [0.15, 0.2) is 0 Å². The molecule has 1 unspecified atom stereocenters. The van der Waals surface area contributed by atoms with E-state index in [2.05, 4.69) is 10.6 Å². The van der Waals surface area contributed by atoms with Gasteiger partial charge in [-0.05, 0) is 46.6 Å². The fraction of sp³-hybridized carbons (Fsp3) is 0.423. The van der Waals surface area contributed by atoms with Crippen molar-refractivity contribution in [2.45, 2.75) is 37.3 Å². The van der Waals surface area contributed by atoms with E-state index in [9.17, 15) is 19.5 Å². The Morgan fingerprint density at radius 1 is 1.00 bits per heavy atom. The Kier molecular flexibility index (Phi) is 8.65. The third-order valence-corrected chi connectivity index (χ3v) is 7.30. The predicted molar refractivity (Wildman–Crippen MR) is 134 cm³/mol. The molecule has 1 heterocycles. The van der Waals surface area contributed by atoms with E-state index >= 15 is 0 Å². The molecule has 0 spiro atoms. The first-order valence-corrected chi connectivity index (χ1v) is 13.0. The number of benzene rings is 2. The quantitative estimate of drug-likeness (QED) is 0.430. The molecule has 2 aliphatic rings. The molecule has 0 radical (unpaired) electrons. The minimum absolute atomic E-state index is 0.0782. The molecule has 35 heavy (non-hydrogen) atoms. The number of carboxylic acid groups (broad SMARTS) is 1. The van der Waals surface area contributed by atoms with E-state index in [0.29, 0.717) is 6.61 Å². The average Bonchev–Trinajstić information content (AvgIpc) is 3.19. The molecule has 1 saturated heterocycles. The molecular weight excluding hydrogens is 468 g/mol. The summed E-state index contributed by atoms with van der Waals surface area (Å²) in [6.07, 6.45) is 0.801. The van der Waals surface area contributed by atoms with Gasteiger partial charge in [-0.15, -0.1) is 0 Å². The zero-order valence-electron chi connectivity index (χ0n) is 19.4. The number of fused-ring (bicyclic) bond motifs is 3. The van der Waals surface area contributed by atoms with E-state index in [1.54, 1.807) is 0 Å². The number of carboxylic acids is 1. The van der Waals surface area contributed by atoms with Gasteiger partial charge in [-0.25, -0.2) is 4.79 Å². The summed E-state index contributed by atoms with van der Waals surface area (Å²) in [5, 5.41) is 14.3. The molecule has 2 amide bonds. The molecule has 1 aliphatic carbocycles. The van der Waals surface area contributed by atoms with Crippen LogP contribution in [-0.4, -0.2) is 66.5 Å². The lowest BCUT2D eigenvalue weighted by Gasteiger charge is -2.22. The summed E-state index contributed by atoms with van der Waals surface area (Å²) < 4.78 is 11.2. The lowest BCUT2D eigenvalue weighted by Crippen LogP contribution is -2.48. The number of rotatable bonds is 10. The smallest absolute Gasteiger partial charge is 0.407 e.